The number of nitrogens with zero attached hydrogens (tertiary/aromatic N) is 1. The van der Waals surface area contributed by atoms with E-state index >= 15 is 0 Å². The fraction of sp³-hybridized carbons (Fsp3) is 0.312. The lowest BCUT2D eigenvalue weighted by atomic mass is 10.1. The van der Waals surface area contributed by atoms with E-state index in [4.69, 9.17) is 0 Å². The molecule has 2 N–H and O–H groups in total. The smallest absolute Gasteiger partial charge is 0.315 e. The summed E-state index contributed by atoms with van der Waals surface area (Å²) in [6, 6.07) is 7.48. The van der Waals surface area contributed by atoms with Gasteiger partial charge in [0.05, 0.1) is 9.40 Å². The number of aromatic hydroxyl groups is 2. The lowest BCUT2D eigenvalue weighted by Gasteiger charge is -2.07. The van der Waals surface area contributed by atoms with Gasteiger partial charge < -0.3 is 10.2 Å². The molecular formula is C16H16NO2S2+. The zero-order valence-electron chi connectivity index (χ0n) is 11.5. The summed E-state index contributed by atoms with van der Waals surface area (Å²) in [7, 11) is 0. The molecule has 1 aliphatic heterocycles. The monoisotopic (exact) mass is 318 g/mol. The second-order valence-electron chi connectivity index (χ2n) is 5.42. The number of hydrogen-bond donors (Lipinski definition) is 2. The van der Waals surface area contributed by atoms with E-state index in [1.54, 1.807) is 22.7 Å². The van der Waals surface area contributed by atoms with Crippen molar-refractivity contribution in [3.8, 4) is 11.5 Å². The first kappa shape index (κ1) is 13.1. The standard InChI is InChI=1S/C16H15NO2S2/c18-12-10-6-2-3-7-11(10)13(19)15-14(12)20-16(21-15)17-8-4-1-5-9-17/h2-3,6-7H,1,4-5,8-9H2,(H-,18,19)/p+1. The van der Waals surface area contributed by atoms with Crippen LogP contribution in [0.1, 0.15) is 19.3 Å². The molecule has 0 spiro atoms. The molecule has 1 aliphatic rings. The Morgan fingerprint density at radius 1 is 0.810 bits per heavy atom. The summed E-state index contributed by atoms with van der Waals surface area (Å²) in [5.74, 6) is 0.589. The molecule has 0 atom stereocenters. The molecule has 21 heavy (non-hydrogen) atoms. The predicted molar refractivity (Wildman–Crippen MR) is 89.4 cm³/mol. The van der Waals surface area contributed by atoms with Crippen LogP contribution in [0.2, 0.25) is 0 Å². The van der Waals surface area contributed by atoms with Gasteiger partial charge in [0.2, 0.25) is 0 Å². The molecule has 5 heteroatoms. The number of rotatable bonds is 0. The van der Waals surface area contributed by atoms with Crippen molar-refractivity contribution in [2.24, 2.45) is 0 Å². The first-order valence-electron chi connectivity index (χ1n) is 7.20. The highest BCUT2D eigenvalue weighted by Crippen LogP contribution is 2.44. The molecule has 108 valence electrons. The maximum atomic E-state index is 10.5. The second kappa shape index (κ2) is 5.00. The molecule has 1 aromatic heterocycles. The van der Waals surface area contributed by atoms with Crippen LogP contribution < -0.4 is 8.56 Å². The van der Waals surface area contributed by atoms with Gasteiger partial charge in [0.25, 0.3) is 0 Å². The molecule has 0 aliphatic carbocycles. The Morgan fingerprint density at radius 3 is 1.86 bits per heavy atom. The molecular weight excluding hydrogens is 302 g/mol. The van der Waals surface area contributed by atoms with Crippen molar-refractivity contribution < 1.29 is 10.2 Å². The Bertz CT molecular complexity index is 838. The first-order valence-corrected chi connectivity index (χ1v) is 8.83. The van der Waals surface area contributed by atoms with Crippen molar-refractivity contribution in [1.82, 2.24) is 4.58 Å². The lowest BCUT2D eigenvalue weighted by Crippen LogP contribution is -2.31. The van der Waals surface area contributed by atoms with Gasteiger partial charge in [-0.25, -0.2) is 4.58 Å². The molecule has 2 heterocycles. The number of phenols is 2. The summed E-state index contributed by atoms with van der Waals surface area (Å²) in [6.45, 7) is 2.15. The van der Waals surface area contributed by atoms with E-state index in [1.807, 2.05) is 24.3 Å². The Morgan fingerprint density at radius 2 is 1.33 bits per heavy atom. The van der Waals surface area contributed by atoms with Crippen LogP contribution in [-0.4, -0.2) is 23.3 Å². The highest BCUT2D eigenvalue weighted by Gasteiger charge is 2.19. The normalized spacial score (nSPS) is 15.9. The summed E-state index contributed by atoms with van der Waals surface area (Å²) in [6.07, 6.45) is 3.74. The summed E-state index contributed by atoms with van der Waals surface area (Å²) >= 11 is 3.19. The lowest BCUT2D eigenvalue weighted by molar-refractivity contribution is 0.459. The van der Waals surface area contributed by atoms with Crippen LogP contribution in [0.4, 0.5) is 0 Å². The van der Waals surface area contributed by atoms with E-state index in [0.29, 0.717) is 11.5 Å². The van der Waals surface area contributed by atoms with Crippen LogP contribution >= 0.6 is 22.7 Å². The van der Waals surface area contributed by atoms with Crippen molar-refractivity contribution in [3.63, 3.8) is 0 Å². The van der Waals surface area contributed by atoms with Gasteiger partial charge in [-0.1, -0.05) is 46.9 Å². The Labute approximate surface area is 130 Å². The highest BCUT2D eigenvalue weighted by molar-refractivity contribution is 7.36. The quantitative estimate of drug-likeness (QED) is 0.492. The molecule has 0 unspecified atom stereocenters. The fourth-order valence-electron chi connectivity index (χ4n) is 2.95. The minimum Gasteiger partial charge on any atom is -0.506 e. The summed E-state index contributed by atoms with van der Waals surface area (Å²) in [5.41, 5.74) is 0. The number of hydrogen-bond acceptors (Lipinski definition) is 4. The molecule has 3 aromatic rings. The third-order valence-electron chi connectivity index (χ3n) is 4.07. The minimum absolute atomic E-state index is 0.294. The fourth-order valence-corrected chi connectivity index (χ4v) is 5.63. The Hall–Kier alpha value is -1.59. The first-order chi connectivity index (χ1) is 10.3. The zero-order chi connectivity index (χ0) is 14.4. The van der Waals surface area contributed by atoms with Crippen molar-refractivity contribution >= 4 is 42.8 Å². The average Bonchev–Trinajstić information content (AvgIpc) is 2.99. The van der Waals surface area contributed by atoms with Gasteiger partial charge in [-0.3, -0.25) is 0 Å². The van der Waals surface area contributed by atoms with Gasteiger partial charge in [0, 0.05) is 23.6 Å². The van der Waals surface area contributed by atoms with Gasteiger partial charge in [0.15, 0.2) is 0 Å². The zero-order valence-corrected chi connectivity index (χ0v) is 13.1. The van der Waals surface area contributed by atoms with Crippen molar-refractivity contribution in [3.05, 3.63) is 28.3 Å². The predicted octanol–water partition coefficient (Wildman–Crippen LogP) is 3.48. The maximum absolute atomic E-state index is 10.5. The van der Waals surface area contributed by atoms with Gasteiger partial charge >= 0.3 is 3.98 Å². The largest absolute Gasteiger partial charge is 0.506 e. The molecule has 4 rings (SSSR count). The van der Waals surface area contributed by atoms with E-state index in [1.165, 1.54) is 23.2 Å². The van der Waals surface area contributed by atoms with Crippen LogP contribution in [0.3, 0.4) is 0 Å². The summed E-state index contributed by atoms with van der Waals surface area (Å²) in [5, 5.41) is 22.5. The van der Waals surface area contributed by atoms with E-state index in [0.717, 1.165) is 33.3 Å². The average molecular weight is 318 g/mol. The van der Waals surface area contributed by atoms with Gasteiger partial charge in [-0.05, 0) is 6.42 Å². The number of fused-ring (bicyclic) bond motifs is 2. The van der Waals surface area contributed by atoms with Crippen molar-refractivity contribution in [2.45, 2.75) is 19.3 Å². The Balaban J connectivity index is 2.10. The second-order valence-corrected chi connectivity index (χ2v) is 7.68. The van der Waals surface area contributed by atoms with Crippen LogP contribution in [0.15, 0.2) is 24.3 Å². The molecule has 0 saturated carbocycles. The Kier molecular flexibility index (Phi) is 3.12. The highest BCUT2D eigenvalue weighted by atomic mass is 32.2. The molecule has 1 fully saturated rings. The van der Waals surface area contributed by atoms with E-state index in [9.17, 15) is 10.2 Å². The number of benzene rings is 2. The van der Waals surface area contributed by atoms with Crippen molar-refractivity contribution in [1.29, 1.82) is 0 Å². The molecule has 0 bridgehead atoms. The van der Waals surface area contributed by atoms with Gasteiger partial charge in [0.1, 0.15) is 24.6 Å². The molecule has 0 radical (unpaired) electrons. The van der Waals surface area contributed by atoms with Gasteiger partial charge in [-0.15, -0.1) is 0 Å². The molecule has 3 nitrogen and oxygen atoms in total. The van der Waals surface area contributed by atoms with Gasteiger partial charge in [-0.2, -0.15) is 0 Å². The van der Waals surface area contributed by atoms with Crippen LogP contribution in [0.5, 0.6) is 11.5 Å². The van der Waals surface area contributed by atoms with Crippen LogP contribution in [0.25, 0.3) is 20.2 Å². The summed E-state index contributed by atoms with van der Waals surface area (Å²) < 4.78 is 5.17. The summed E-state index contributed by atoms with van der Waals surface area (Å²) in [4.78, 5) is 0. The molecule has 1 saturated heterocycles. The third kappa shape index (κ3) is 2.03. The van der Waals surface area contributed by atoms with E-state index in [-0.39, 0.29) is 0 Å². The SMILES string of the molecule is Oc1c2ccccc2c(O)c2sc(=[N+]3CCCCC3)sc12. The maximum Gasteiger partial charge on any atom is 0.315 e. The molecule has 2 aromatic carbocycles. The van der Waals surface area contributed by atoms with Crippen LogP contribution in [-0.2, 0) is 0 Å². The molecule has 0 amide bonds. The number of phenolic OH excluding ortho intramolecular Hbond substituents is 2. The van der Waals surface area contributed by atoms with Crippen molar-refractivity contribution in [2.75, 3.05) is 13.1 Å². The van der Waals surface area contributed by atoms with Crippen LogP contribution in [0, 0.1) is 0 Å². The van der Waals surface area contributed by atoms with E-state index in [2.05, 4.69) is 4.58 Å². The third-order valence-corrected chi connectivity index (χ3v) is 6.76. The van der Waals surface area contributed by atoms with E-state index < -0.39 is 0 Å². The number of piperidine rings is 1. The topological polar surface area (TPSA) is 43.5 Å². The minimum atomic E-state index is 0.294.